The minimum atomic E-state index is 0.111. The molecule has 5 heteroatoms. The average molecular weight is 390 g/mol. The zero-order valence-corrected chi connectivity index (χ0v) is 17.4. The fourth-order valence-electron chi connectivity index (χ4n) is 3.19. The number of fused-ring (bicyclic) bond motifs is 1. The van der Waals surface area contributed by atoms with Crippen molar-refractivity contribution in [3.05, 3.63) is 52.3 Å². The topological polar surface area (TPSA) is 37.0 Å². The van der Waals surface area contributed by atoms with Gasteiger partial charge in [0.1, 0.15) is 0 Å². The van der Waals surface area contributed by atoms with Crippen LogP contribution in [0.25, 0.3) is 0 Å². The Bertz CT molecular complexity index is 731. The van der Waals surface area contributed by atoms with Gasteiger partial charge >= 0.3 is 0 Å². The van der Waals surface area contributed by atoms with E-state index in [1.807, 2.05) is 24.0 Å². The van der Waals surface area contributed by atoms with Crippen LogP contribution in [-0.2, 0) is 12.8 Å². The van der Waals surface area contributed by atoms with Crippen LogP contribution in [0.3, 0.4) is 0 Å². The summed E-state index contributed by atoms with van der Waals surface area (Å²) in [5, 5.41) is 7.88. The van der Waals surface area contributed by atoms with Crippen molar-refractivity contribution < 1.29 is 0 Å². The molecule has 26 heavy (non-hydrogen) atoms. The van der Waals surface area contributed by atoms with Gasteiger partial charge in [0.2, 0.25) is 0 Å². The van der Waals surface area contributed by atoms with E-state index in [-0.39, 0.29) is 6.04 Å². The first-order valence-corrected chi connectivity index (χ1v) is 10.8. The molecule has 140 valence electrons. The lowest BCUT2D eigenvalue weighted by Crippen LogP contribution is -2.16. The highest BCUT2D eigenvalue weighted by Gasteiger charge is 2.17. The first-order valence-electron chi connectivity index (χ1n) is 9.41. The summed E-state index contributed by atoms with van der Waals surface area (Å²) < 4.78 is 0. The molecule has 0 saturated heterocycles. The third kappa shape index (κ3) is 4.93. The Labute approximate surface area is 166 Å². The lowest BCUT2D eigenvalue weighted by Gasteiger charge is -2.21. The Balaban J connectivity index is 1.74. The SMILES string of the molecule is CC(C)CSc1ccc(C(C)Nc2c(Cl)ccc3c2CCNCC3)nc1. The second-order valence-electron chi connectivity index (χ2n) is 7.30. The molecule has 1 aromatic heterocycles. The van der Waals surface area contributed by atoms with Crippen LogP contribution in [0.4, 0.5) is 5.69 Å². The Hall–Kier alpha value is -1.23. The predicted octanol–water partition coefficient (Wildman–Crippen LogP) is 5.34. The lowest BCUT2D eigenvalue weighted by molar-refractivity contribution is 0.710. The molecule has 1 aliphatic rings. The third-order valence-electron chi connectivity index (χ3n) is 4.63. The van der Waals surface area contributed by atoms with Crippen LogP contribution >= 0.6 is 23.4 Å². The Morgan fingerprint density at radius 3 is 2.69 bits per heavy atom. The highest BCUT2D eigenvalue weighted by atomic mass is 35.5. The molecular weight excluding hydrogens is 362 g/mol. The zero-order chi connectivity index (χ0) is 18.5. The molecule has 2 N–H and O–H groups in total. The number of anilines is 1. The van der Waals surface area contributed by atoms with Crippen LogP contribution in [0.2, 0.25) is 5.02 Å². The van der Waals surface area contributed by atoms with Gasteiger partial charge in [0.05, 0.1) is 22.4 Å². The molecule has 0 fully saturated rings. The molecule has 2 heterocycles. The van der Waals surface area contributed by atoms with Crippen molar-refractivity contribution in [2.45, 2.75) is 44.6 Å². The molecule has 0 radical (unpaired) electrons. The summed E-state index contributed by atoms with van der Waals surface area (Å²) in [5.41, 5.74) is 4.85. The molecule has 0 amide bonds. The molecule has 1 unspecified atom stereocenters. The van der Waals surface area contributed by atoms with Crippen LogP contribution in [0.1, 0.15) is 43.6 Å². The van der Waals surface area contributed by atoms with Gasteiger partial charge in [-0.1, -0.05) is 31.5 Å². The molecule has 2 aromatic rings. The van der Waals surface area contributed by atoms with E-state index >= 15 is 0 Å². The number of hydrogen-bond donors (Lipinski definition) is 2. The normalized spacial score (nSPS) is 15.4. The quantitative estimate of drug-likeness (QED) is 0.653. The molecule has 0 bridgehead atoms. The van der Waals surface area contributed by atoms with E-state index in [9.17, 15) is 0 Å². The summed E-state index contributed by atoms with van der Waals surface area (Å²) >= 11 is 8.40. The van der Waals surface area contributed by atoms with Gasteiger partial charge in [-0.25, -0.2) is 0 Å². The van der Waals surface area contributed by atoms with Gasteiger partial charge in [-0.15, -0.1) is 11.8 Å². The van der Waals surface area contributed by atoms with Crippen molar-refractivity contribution in [1.29, 1.82) is 0 Å². The van der Waals surface area contributed by atoms with Crippen LogP contribution in [0.15, 0.2) is 35.4 Å². The summed E-state index contributed by atoms with van der Waals surface area (Å²) in [6, 6.07) is 8.58. The van der Waals surface area contributed by atoms with Gasteiger partial charge in [-0.05, 0) is 68.1 Å². The maximum atomic E-state index is 6.54. The van der Waals surface area contributed by atoms with Gasteiger partial charge in [0, 0.05) is 16.8 Å². The Kier molecular flexibility index (Phi) is 6.85. The average Bonchev–Trinajstić information content (AvgIpc) is 2.88. The predicted molar refractivity (Wildman–Crippen MR) is 114 cm³/mol. The summed E-state index contributed by atoms with van der Waals surface area (Å²) in [6.45, 7) is 8.65. The van der Waals surface area contributed by atoms with Crippen molar-refractivity contribution in [1.82, 2.24) is 10.3 Å². The van der Waals surface area contributed by atoms with Crippen LogP contribution in [0, 0.1) is 5.92 Å². The van der Waals surface area contributed by atoms with Crippen molar-refractivity contribution in [2.24, 2.45) is 5.92 Å². The minimum absolute atomic E-state index is 0.111. The van der Waals surface area contributed by atoms with E-state index in [0.29, 0.717) is 5.92 Å². The number of halogens is 1. The molecule has 1 aliphatic heterocycles. The zero-order valence-electron chi connectivity index (χ0n) is 15.8. The summed E-state index contributed by atoms with van der Waals surface area (Å²) in [7, 11) is 0. The number of aromatic nitrogens is 1. The van der Waals surface area contributed by atoms with E-state index in [1.54, 1.807) is 0 Å². The second-order valence-corrected chi connectivity index (χ2v) is 8.80. The number of thioether (sulfide) groups is 1. The maximum absolute atomic E-state index is 6.54. The number of benzene rings is 1. The van der Waals surface area contributed by atoms with Gasteiger partial charge < -0.3 is 10.6 Å². The van der Waals surface area contributed by atoms with Gasteiger partial charge in [-0.3, -0.25) is 4.98 Å². The molecular formula is C21H28ClN3S. The standard InChI is InChI=1S/C21H28ClN3S/c1-14(2)13-26-17-5-7-20(24-12-17)15(3)25-21-18-9-11-23-10-8-16(18)4-6-19(21)22/h4-7,12,14-15,23,25H,8-11,13H2,1-3H3. The van der Waals surface area contributed by atoms with Crippen molar-refractivity contribution in [2.75, 3.05) is 24.2 Å². The molecule has 1 aromatic carbocycles. The van der Waals surface area contributed by atoms with E-state index < -0.39 is 0 Å². The van der Waals surface area contributed by atoms with Gasteiger partial charge in [0.25, 0.3) is 0 Å². The number of nitrogens with one attached hydrogen (secondary N) is 2. The van der Waals surface area contributed by atoms with Gasteiger partial charge in [0.15, 0.2) is 0 Å². The van der Waals surface area contributed by atoms with Gasteiger partial charge in [-0.2, -0.15) is 0 Å². The van der Waals surface area contributed by atoms with E-state index in [0.717, 1.165) is 48.1 Å². The van der Waals surface area contributed by atoms with Crippen LogP contribution < -0.4 is 10.6 Å². The summed E-state index contributed by atoms with van der Waals surface area (Å²) in [6.07, 6.45) is 4.04. The molecule has 0 aliphatic carbocycles. The van der Waals surface area contributed by atoms with E-state index in [1.165, 1.54) is 16.0 Å². The number of nitrogens with zero attached hydrogens (tertiary/aromatic N) is 1. The Morgan fingerprint density at radius 1 is 1.15 bits per heavy atom. The minimum Gasteiger partial charge on any atom is -0.376 e. The highest BCUT2D eigenvalue weighted by Crippen LogP contribution is 2.33. The molecule has 0 spiro atoms. The number of pyridine rings is 1. The van der Waals surface area contributed by atoms with Crippen molar-refractivity contribution in [3.8, 4) is 0 Å². The summed E-state index contributed by atoms with van der Waals surface area (Å²) in [4.78, 5) is 5.90. The molecule has 3 nitrogen and oxygen atoms in total. The van der Waals surface area contributed by atoms with E-state index in [4.69, 9.17) is 11.6 Å². The number of rotatable bonds is 6. The van der Waals surface area contributed by atoms with Crippen molar-refractivity contribution in [3.63, 3.8) is 0 Å². The Morgan fingerprint density at radius 2 is 1.96 bits per heavy atom. The first-order chi connectivity index (χ1) is 12.5. The summed E-state index contributed by atoms with van der Waals surface area (Å²) in [5.74, 6) is 1.81. The fraction of sp³-hybridized carbons (Fsp3) is 0.476. The van der Waals surface area contributed by atoms with Crippen molar-refractivity contribution >= 4 is 29.1 Å². The van der Waals surface area contributed by atoms with Crippen LogP contribution in [0.5, 0.6) is 0 Å². The fourth-order valence-corrected chi connectivity index (χ4v) is 4.24. The molecule has 3 rings (SSSR count). The largest absolute Gasteiger partial charge is 0.376 e. The smallest absolute Gasteiger partial charge is 0.0657 e. The number of hydrogen-bond acceptors (Lipinski definition) is 4. The monoisotopic (exact) mass is 389 g/mol. The first kappa shape index (κ1) is 19.5. The molecule has 0 saturated carbocycles. The lowest BCUT2D eigenvalue weighted by atomic mass is 10.00. The van der Waals surface area contributed by atoms with Crippen LogP contribution in [-0.4, -0.2) is 23.8 Å². The second kappa shape index (κ2) is 9.12. The maximum Gasteiger partial charge on any atom is 0.0657 e. The molecule has 1 atom stereocenters. The highest BCUT2D eigenvalue weighted by molar-refractivity contribution is 7.99. The van der Waals surface area contributed by atoms with E-state index in [2.05, 4.69) is 54.6 Å². The third-order valence-corrected chi connectivity index (χ3v) is 6.35.